The van der Waals surface area contributed by atoms with E-state index in [2.05, 4.69) is 23.4 Å². The first kappa shape index (κ1) is 13.0. The molecule has 1 aromatic rings. The molecule has 0 aromatic carbocycles. The quantitative estimate of drug-likeness (QED) is 0.867. The van der Waals surface area contributed by atoms with Gasteiger partial charge in [0.2, 0.25) is 0 Å². The molecule has 2 heterocycles. The van der Waals surface area contributed by atoms with Gasteiger partial charge in [-0.1, -0.05) is 13.8 Å². The van der Waals surface area contributed by atoms with Gasteiger partial charge < -0.3 is 9.67 Å². The molecule has 1 aromatic heterocycles. The minimum atomic E-state index is -0.687. The molecular formula is C11H17ClN2O2. The van der Waals surface area contributed by atoms with E-state index in [-0.39, 0.29) is 18.3 Å². The van der Waals surface area contributed by atoms with Crippen molar-refractivity contribution in [2.24, 2.45) is 5.92 Å². The SMILES string of the molecule is CC(C)c1ncc2n1CCC(C(=O)O)C2.Cl. The Bertz CT molecular complexity index is 387. The number of halogens is 1. The second-order valence-corrected chi connectivity index (χ2v) is 4.44. The lowest BCUT2D eigenvalue weighted by atomic mass is 9.96. The number of carboxylic acid groups (broad SMARTS) is 1. The van der Waals surface area contributed by atoms with Gasteiger partial charge >= 0.3 is 5.97 Å². The highest BCUT2D eigenvalue weighted by molar-refractivity contribution is 5.85. The third-order valence-electron chi connectivity index (χ3n) is 2.99. The van der Waals surface area contributed by atoms with Crippen molar-refractivity contribution in [2.45, 2.75) is 39.2 Å². The topological polar surface area (TPSA) is 55.1 Å². The number of rotatable bonds is 2. The van der Waals surface area contributed by atoms with E-state index in [0.29, 0.717) is 12.3 Å². The van der Waals surface area contributed by atoms with Gasteiger partial charge in [-0.15, -0.1) is 12.4 Å². The van der Waals surface area contributed by atoms with Crippen LogP contribution >= 0.6 is 12.4 Å². The number of hydrogen-bond donors (Lipinski definition) is 1. The van der Waals surface area contributed by atoms with Crippen LogP contribution in [0.25, 0.3) is 0 Å². The molecule has 1 N–H and O–H groups in total. The van der Waals surface area contributed by atoms with Crippen molar-refractivity contribution >= 4 is 18.4 Å². The van der Waals surface area contributed by atoms with Crippen LogP contribution in [0.2, 0.25) is 0 Å². The molecule has 1 aliphatic rings. The first-order chi connectivity index (χ1) is 7.09. The van der Waals surface area contributed by atoms with E-state index in [0.717, 1.165) is 24.5 Å². The molecule has 0 fully saturated rings. The molecule has 90 valence electrons. The maximum absolute atomic E-state index is 10.9. The molecule has 0 saturated heterocycles. The average molecular weight is 245 g/mol. The Kier molecular flexibility index (Phi) is 3.97. The molecule has 0 amide bonds. The van der Waals surface area contributed by atoms with Crippen molar-refractivity contribution in [1.29, 1.82) is 0 Å². The van der Waals surface area contributed by atoms with Crippen LogP contribution in [-0.4, -0.2) is 20.6 Å². The number of nitrogens with zero attached hydrogens (tertiary/aromatic N) is 2. The molecule has 1 aliphatic heterocycles. The Balaban J connectivity index is 0.00000128. The van der Waals surface area contributed by atoms with Crippen LogP contribution in [-0.2, 0) is 17.8 Å². The summed E-state index contributed by atoms with van der Waals surface area (Å²) in [6.07, 6.45) is 3.16. The van der Waals surface area contributed by atoms with Gasteiger partial charge in [0.25, 0.3) is 0 Å². The van der Waals surface area contributed by atoms with Crippen molar-refractivity contribution in [3.8, 4) is 0 Å². The predicted octanol–water partition coefficient (Wildman–Crippen LogP) is 2.08. The third-order valence-corrected chi connectivity index (χ3v) is 2.99. The summed E-state index contributed by atoms with van der Waals surface area (Å²) in [7, 11) is 0. The van der Waals surface area contributed by atoms with Crippen molar-refractivity contribution < 1.29 is 9.90 Å². The molecule has 0 saturated carbocycles. The number of carbonyl (C=O) groups is 1. The number of hydrogen-bond acceptors (Lipinski definition) is 2. The highest BCUT2D eigenvalue weighted by atomic mass is 35.5. The standard InChI is InChI=1S/C11H16N2O2.ClH/c1-7(2)10-12-6-9-5-8(11(14)15)3-4-13(9)10;/h6-8H,3-5H2,1-2H3,(H,14,15);1H. The first-order valence-electron chi connectivity index (χ1n) is 5.36. The highest BCUT2D eigenvalue weighted by Gasteiger charge is 2.26. The van der Waals surface area contributed by atoms with E-state index in [1.807, 2.05) is 6.20 Å². The summed E-state index contributed by atoms with van der Waals surface area (Å²) in [6.45, 7) is 5.01. The summed E-state index contributed by atoms with van der Waals surface area (Å²) in [5, 5.41) is 8.95. The average Bonchev–Trinajstić information content (AvgIpc) is 2.59. The van der Waals surface area contributed by atoms with E-state index in [4.69, 9.17) is 5.11 Å². The summed E-state index contributed by atoms with van der Waals surface area (Å²) >= 11 is 0. The lowest BCUT2D eigenvalue weighted by Gasteiger charge is -2.22. The van der Waals surface area contributed by atoms with Crippen LogP contribution in [0.5, 0.6) is 0 Å². The van der Waals surface area contributed by atoms with Crippen molar-refractivity contribution in [3.05, 3.63) is 17.7 Å². The first-order valence-corrected chi connectivity index (χ1v) is 5.36. The lowest BCUT2D eigenvalue weighted by Crippen LogP contribution is -2.26. The molecule has 2 rings (SSSR count). The lowest BCUT2D eigenvalue weighted by molar-refractivity contribution is -0.142. The molecule has 1 atom stereocenters. The normalized spacial score (nSPS) is 19.1. The van der Waals surface area contributed by atoms with Crippen LogP contribution in [0.3, 0.4) is 0 Å². The van der Waals surface area contributed by atoms with E-state index in [9.17, 15) is 4.79 Å². The summed E-state index contributed by atoms with van der Waals surface area (Å²) in [4.78, 5) is 15.2. The zero-order valence-corrected chi connectivity index (χ0v) is 10.3. The number of aromatic nitrogens is 2. The molecule has 16 heavy (non-hydrogen) atoms. The van der Waals surface area contributed by atoms with Gasteiger partial charge in [-0.05, 0) is 6.42 Å². The van der Waals surface area contributed by atoms with Crippen LogP contribution in [0, 0.1) is 5.92 Å². The largest absolute Gasteiger partial charge is 0.481 e. The van der Waals surface area contributed by atoms with E-state index >= 15 is 0 Å². The van der Waals surface area contributed by atoms with E-state index in [1.54, 1.807) is 0 Å². The maximum Gasteiger partial charge on any atom is 0.306 e. The Morgan fingerprint density at radius 1 is 1.62 bits per heavy atom. The minimum absolute atomic E-state index is 0. The summed E-state index contributed by atoms with van der Waals surface area (Å²) in [5.41, 5.74) is 1.07. The zero-order chi connectivity index (χ0) is 11.0. The van der Waals surface area contributed by atoms with E-state index in [1.165, 1.54) is 0 Å². The summed E-state index contributed by atoms with van der Waals surface area (Å²) in [6, 6.07) is 0. The molecule has 1 unspecified atom stereocenters. The smallest absolute Gasteiger partial charge is 0.306 e. The number of aliphatic carboxylic acids is 1. The second-order valence-electron chi connectivity index (χ2n) is 4.44. The van der Waals surface area contributed by atoms with Gasteiger partial charge in [-0.25, -0.2) is 4.98 Å². The Morgan fingerprint density at radius 3 is 2.88 bits per heavy atom. The van der Waals surface area contributed by atoms with Gasteiger partial charge in [-0.2, -0.15) is 0 Å². The van der Waals surface area contributed by atoms with Gasteiger partial charge in [0.15, 0.2) is 0 Å². The second kappa shape index (κ2) is 4.87. The number of fused-ring (bicyclic) bond motifs is 1. The fourth-order valence-electron chi connectivity index (χ4n) is 2.16. The maximum atomic E-state index is 10.9. The molecular weight excluding hydrogens is 228 g/mol. The zero-order valence-electron chi connectivity index (χ0n) is 9.51. The van der Waals surface area contributed by atoms with Crippen molar-refractivity contribution in [1.82, 2.24) is 9.55 Å². The molecule has 0 radical (unpaired) electrons. The van der Waals surface area contributed by atoms with Gasteiger partial charge in [0.1, 0.15) is 5.82 Å². The molecule has 0 aliphatic carbocycles. The van der Waals surface area contributed by atoms with Crippen molar-refractivity contribution in [2.75, 3.05) is 0 Å². The Labute approximate surface area is 101 Å². The molecule has 5 heteroatoms. The van der Waals surface area contributed by atoms with Crippen LogP contribution in [0.15, 0.2) is 6.20 Å². The Morgan fingerprint density at radius 2 is 2.31 bits per heavy atom. The number of imidazole rings is 1. The van der Waals surface area contributed by atoms with E-state index < -0.39 is 5.97 Å². The van der Waals surface area contributed by atoms with Crippen molar-refractivity contribution in [3.63, 3.8) is 0 Å². The van der Waals surface area contributed by atoms with Gasteiger partial charge in [0, 0.05) is 30.8 Å². The third kappa shape index (κ3) is 2.21. The fourth-order valence-corrected chi connectivity index (χ4v) is 2.16. The van der Waals surface area contributed by atoms with Gasteiger partial charge in [0.05, 0.1) is 5.92 Å². The Hall–Kier alpha value is -1.03. The van der Waals surface area contributed by atoms with Crippen LogP contribution < -0.4 is 0 Å². The predicted molar refractivity (Wildman–Crippen MR) is 63.0 cm³/mol. The molecule has 0 spiro atoms. The highest BCUT2D eigenvalue weighted by Crippen LogP contribution is 2.25. The van der Waals surface area contributed by atoms with Crippen LogP contribution in [0.4, 0.5) is 0 Å². The minimum Gasteiger partial charge on any atom is -0.481 e. The molecule has 4 nitrogen and oxygen atoms in total. The monoisotopic (exact) mass is 244 g/mol. The summed E-state index contributed by atoms with van der Waals surface area (Å²) < 4.78 is 2.17. The molecule has 0 bridgehead atoms. The van der Waals surface area contributed by atoms with Crippen LogP contribution in [0.1, 0.15) is 37.7 Å². The summed E-state index contributed by atoms with van der Waals surface area (Å²) in [5.74, 6) is 0.566. The fraction of sp³-hybridized carbons (Fsp3) is 0.636. The van der Waals surface area contributed by atoms with Gasteiger partial charge in [-0.3, -0.25) is 4.79 Å². The number of carboxylic acids is 1.